The molecule has 0 saturated heterocycles. The molecule has 1 aromatic rings. The van der Waals surface area contributed by atoms with E-state index in [2.05, 4.69) is 11.6 Å². The molecule has 1 atom stereocenters. The summed E-state index contributed by atoms with van der Waals surface area (Å²) in [4.78, 5) is 14.8. The van der Waals surface area contributed by atoms with Gasteiger partial charge in [0, 0.05) is 5.56 Å². The molecular weight excluding hydrogens is 202 g/mol. The van der Waals surface area contributed by atoms with Crippen molar-refractivity contribution in [3.05, 3.63) is 48.0 Å². The summed E-state index contributed by atoms with van der Waals surface area (Å²) in [5.41, 5.74) is 2.01. The van der Waals surface area contributed by atoms with Crippen molar-refractivity contribution in [1.82, 2.24) is 0 Å². The number of hydrogen-bond acceptors (Lipinski definition) is 3. The van der Waals surface area contributed by atoms with Crippen molar-refractivity contribution < 1.29 is 9.53 Å². The highest BCUT2D eigenvalue weighted by molar-refractivity contribution is 5.95. The molecule has 0 N–H and O–H groups in total. The van der Waals surface area contributed by atoms with Crippen LogP contribution in [0.15, 0.2) is 41.9 Å². The molecule has 0 radical (unpaired) electrons. The molecule has 1 rings (SSSR count). The van der Waals surface area contributed by atoms with Crippen LogP contribution in [-0.2, 0) is 9.53 Å². The maximum atomic E-state index is 10.6. The molecule has 1 unspecified atom stereocenters. The molecule has 0 aliphatic carbocycles. The molecule has 0 heterocycles. The Morgan fingerprint density at radius 2 is 2.06 bits per heavy atom. The van der Waals surface area contributed by atoms with Crippen LogP contribution in [0.2, 0.25) is 0 Å². The molecule has 0 aliphatic heterocycles. The SMILES string of the molecule is C=CC(C=O)N=C(OC)c1ccc(C)cc1. The maximum Gasteiger partial charge on any atom is 0.216 e. The number of carbonyl (C=O) groups is 1. The summed E-state index contributed by atoms with van der Waals surface area (Å²) in [6.07, 6.45) is 2.19. The van der Waals surface area contributed by atoms with E-state index < -0.39 is 6.04 Å². The Morgan fingerprint density at radius 1 is 1.44 bits per heavy atom. The zero-order valence-corrected chi connectivity index (χ0v) is 9.51. The van der Waals surface area contributed by atoms with Gasteiger partial charge in [-0.25, -0.2) is 4.99 Å². The Hall–Kier alpha value is -1.90. The van der Waals surface area contributed by atoms with Gasteiger partial charge in [-0.3, -0.25) is 0 Å². The molecule has 84 valence electrons. The lowest BCUT2D eigenvalue weighted by Crippen LogP contribution is -2.10. The van der Waals surface area contributed by atoms with Crippen molar-refractivity contribution in [2.45, 2.75) is 13.0 Å². The smallest absolute Gasteiger partial charge is 0.216 e. The van der Waals surface area contributed by atoms with Gasteiger partial charge in [-0.2, -0.15) is 0 Å². The predicted octanol–water partition coefficient (Wildman–Crippen LogP) is 2.14. The third-order valence-corrected chi connectivity index (χ3v) is 2.14. The van der Waals surface area contributed by atoms with Gasteiger partial charge in [0.2, 0.25) is 5.90 Å². The first-order chi connectivity index (χ1) is 7.71. The fraction of sp³-hybridized carbons (Fsp3) is 0.231. The molecule has 16 heavy (non-hydrogen) atoms. The Morgan fingerprint density at radius 3 is 2.50 bits per heavy atom. The number of methoxy groups -OCH3 is 1. The van der Waals surface area contributed by atoms with Gasteiger partial charge in [0.25, 0.3) is 0 Å². The molecule has 0 aromatic heterocycles. The summed E-state index contributed by atoms with van der Waals surface area (Å²) in [6.45, 7) is 5.54. The molecule has 0 bridgehead atoms. The second-order valence-corrected chi connectivity index (χ2v) is 3.37. The number of rotatable bonds is 4. The number of nitrogens with zero attached hydrogens (tertiary/aromatic N) is 1. The van der Waals surface area contributed by atoms with E-state index in [-0.39, 0.29) is 0 Å². The summed E-state index contributed by atoms with van der Waals surface area (Å²) in [5, 5.41) is 0. The fourth-order valence-electron chi connectivity index (χ4n) is 1.22. The molecule has 3 heteroatoms. The van der Waals surface area contributed by atoms with E-state index in [0.29, 0.717) is 5.90 Å². The van der Waals surface area contributed by atoms with Gasteiger partial charge >= 0.3 is 0 Å². The molecule has 0 aliphatic rings. The van der Waals surface area contributed by atoms with Crippen LogP contribution in [0.4, 0.5) is 0 Å². The molecule has 0 saturated carbocycles. The Balaban J connectivity index is 3.01. The highest BCUT2D eigenvalue weighted by Crippen LogP contribution is 2.06. The topological polar surface area (TPSA) is 38.7 Å². The quantitative estimate of drug-likeness (QED) is 0.335. The first kappa shape index (κ1) is 12.2. The lowest BCUT2D eigenvalue weighted by molar-refractivity contribution is -0.108. The van der Waals surface area contributed by atoms with Gasteiger partial charge in [0.05, 0.1) is 7.11 Å². The standard InChI is InChI=1S/C13H15NO2/c1-4-12(9-15)14-13(16-3)11-7-5-10(2)6-8-11/h4-9,12H,1H2,2-3H3. The monoisotopic (exact) mass is 217 g/mol. The second kappa shape index (κ2) is 5.85. The van der Waals surface area contributed by atoms with Crippen LogP contribution >= 0.6 is 0 Å². The van der Waals surface area contributed by atoms with E-state index in [1.54, 1.807) is 0 Å². The van der Waals surface area contributed by atoms with Crippen molar-refractivity contribution in [1.29, 1.82) is 0 Å². The van der Waals surface area contributed by atoms with Crippen LogP contribution in [0.5, 0.6) is 0 Å². The molecule has 0 fully saturated rings. The highest BCUT2D eigenvalue weighted by atomic mass is 16.5. The van der Waals surface area contributed by atoms with Crippen molar-refractivity contribution in [2.24, 2.45) is 4.99 Å². The Labute approximate surface area is 95.5 Å². The van der Waals surface area contributed by atoms with Crippen molar-refractivity contribution in [3.63, 3.8) is 0 Å². The van der Waals surface area contributed by atoms with Gasteiger partial charge in [-0.15, -0.1) is 6.58 Å². The molecule has 3 nitrogen and oxygen atoms in total. The van der Waals surface area contributed by atoms with Crippen LogP contribution < -0.4 is 0 Å². The maximum absolute atomic E-state index is 10.6. The largest absolute Gasteiger partial charge is 0.481 e. The summed E-state index contributed by atoms with van der Waals surface area (Å²) < 4.78 is 5.15. The minimum atomic E-state index is -0.559. The predicted molar refractivity (Wildman–Crippen MR) is 64.8 cm³/mol. The number of aryl methyl sites for hydroxylation is 1. The lowest BCUT2D eigenvalue weighted by atomic mass is 10.1. The molecular formula is C13H15NO2. The molecule has 1 aromatic carbocycles. The summed E-state index contributed by atoms with van der Waals surface area (Å²) in [5.74, 6) is 0.442. The second-order valence-electron chi connectivity index (χ2n) is 3.37. The number of hydrogen-bond donors (Lipinski definition) is 0. The minimum absolute atomic E-state index is 0.442. The van der Waals surface area contributed by atoms with Crippen LogP contribution in [0, 0.1) is 6.92 Å². The van der Waals surface area contributed by atoms with E-state index in [1.807, 2.05) is 31.2 Å². The lowest BCUT2D eigenvalue weighted by Gasteiger charge is -2.07. The van der Waals surface area contributed by atoms with Crippen molar-refractivity contribution >= 4 is 12.2 Å². The minimum Gasteiger partial charge on any atom is -0.481 e. The number of carbonyl (C=O) groups excluding carboxylic acids is 1. The van der Waals surface area contributed by atoms with E-state index in [1.165, 1.54) is 13.2 Å². The first-order valence-electron chi connectivity index (χ1n) is 4.98. The molecule has 0 spiro atoms. The third-order valence-electron chi connectivity index (χ3n) is 2.14. The first-order valence-corrected chi connectivity index (χ1v) is 4.98. The van der Waals surface area contributed by atoms with Crippen LogP contribution in [0.3, 0.4) is 0 Å². The molecule has 0 amide bonds. The number of aliphatic imine (C=N–C) groups is 1. The van der Waals surface area contributed by atoms with Gasteiger partial charge < -0.3 is 9.53 Å². The van der Waals surface area contributed by atoms with Crippen LogP contribution in [0.25, 0.3) is 0 Å². The van der Waals surface area contributed by atoms with Gasteiger partial charge in [-0.1, -0.05) is 23.8 Å². The highest BCUT2D eigenvalue weighted by Gasteiger charge is 2.06. The van der Waals surface area contributed by atoms with E-state index in [4.69, 9.17) is 4.74 Å². The van der Waals surface area contributed by atoms with Gasteiger partial charge in [0.15, 0.2) is 0 Å². The van der Waals surface area contributed by atoms with E-state index >= 15 is 0 Å². The summed E-state index contributed by atoms with van der Waals surface area (Å²) in [6, 6.07) is 7.18. The van der Waals surface area contributed by atoms with E-state index in [0.717, 1.165) is 17.4 Å². The number of benzene rings is 1. The van der Waals surface area contributed by atoms with Crippen LogP contribution in [0.1, 0.15) is 11.1 Å². The Kier molecular flexibility index (Phi) is 4.45. The zero-order valence-electron chi connectivity index (χ0n) is 9.51. The average molecular weight is 217 g/mol. The average Bonchev–Trinajstić information content (AvgIpc) is 2.32. The number of aldehydes is 1. The Bertz CT molecular complexity index is 385. The summed E-state index contributed by atoms with van der Waals surface area (Å²) in [7, 11) is 1.53. The van der Waals surface area contributed by atoms with Crippen LogP contribution in [-0.4, -0.2) is 25.3 Å². The van der Waals surface area contributed by atoms with E-state index in [9.17, 15) is 4.79 Å². The van der Waals surface area contributed by atoms with Gasteiger partial charge in [-0.05, 0) is 19.1 Å². The fourth-order valence-corrected chi connectivity index (χ4v) is 1.22. The zero-order chi connectivity index (χ0) is 12.0. The third kappa shape index (κ3) is 3.05. The van der Waals surface area contributed by atoms with Crippen molar-refractivity contribution in [2.75, 3.05) is 7.11 Å². The number of ether oxygens (including phenoxy) is 1. The van der Waals surface area contributed by atoms with Gasteiger partial charge in [0.1, 0.15) is 12.3 Å². The normalized spacial score (nSPS) is 13.0. The summed E-state index contributed by atoms with van der Waals surface area (Å²) >= 11 is 0. The van der Waals surface area contributed by atoms with Crippen molar-refractivity contribution in [3.8, 4) is 0 Å².